The maximum absolute atomic E-state index is 11.4. The van der Waals surface area contributed by atoms with Crippen molar-refractivity contribution in [3.05, 3.63) is 28.2 Å². The molecule has 1 rings (SSSR count). The van der Waals surface area contributed by atoms with Crippen LogP contribution < -0.4 is 15.6 Å². The van der Waals surface area contributed by atoms with Crippen LogP contribution in [0.25, 0.3) is 0 Å². The number of hydrogen-bond donors (Lipinski definition) is 1. The summed E-state index contributed by atoms with van der Waals surface area (Å²) in [6.45, 7) is 6.24. The summed E-state index contributed by atoms with van der Waals surface area (Å²) in [6, 6.07) is 3.38. The van der Waals surface area contributed by atoms with Crippen LogP contribution in [-0.4, -0.2) is 24.3 Å². The Hall–Kier alpha value is -1.00. The third-order valence-electron chi connectivity index (χ3n) is 2.27. The summed E-state index contributed by atoms with van der Waals surface area (Å²) in [5.41, 5.74) is 0.870. The summed E-state index contributed by atoms with van der Waals surface area (Å²) in [4.78, 5) is 11.4. The van der Waals surface area contributed by atoms with Gasteiger partial charge < -0.3 is 14.6 Å². The molecule has 0 unspecified atom stereocenters. The quantitative estimate of drug-likeness (QED) is 0.792. The van der Waals surface area contributed by atoms with Gasteiger partial charge in [0.05, 0.1) is 0 Å². The van der Waals surface area contributed by atoms with Gasteiger partial charge in [-0.3, -0.25) is 4.79 Å². The molecular weight excluding hydrogens is 228 g/mol. The highest BCUT2D eigenvalue weighted by Gasteiger charge is 2.00. The SMILES string of the molecule is CCNCCOc1cc(C)n(C)c(=O)c1.Cl. The van der Waals surface area contributed by atoms with E-state index >= 15 is 0 Å². The summed E-state index contributed by atoms with van der Waals surface area (Å²) < 4.78 is 7.04. The summed E-state index contributed by atoms with van der Waals surface area (Å²) >= 11 is 0. The highest BCUT2D eigenvalue weighted by atomic mass is 35.5. The van der Waals surface area contributed by atoms with E-state index in [9.17, 15) is 4.79 Å². The van der Waals surface area contributed by atoms with E-state index in [0.29, 0.717) is 12.4 Å². The van der Waals surface area contributed by atoms with Gasteiger partial charge in [-0.1, -0.05) is 6.92 Å². The van der Waals surface area contributed by atoms with Crippen molar-refractivity contribution in [2.75, 3.05) is 19.7 Å². The van der Waals surface area contributed by atoms with Gasteiger partial charge in [0.1, 0.15) is 12.4 Å². The highest BCUT2D eigenvalue weighted by Crippen LogP contribution is 2.08. The summed E-state index contributed by atoms with van der Waals surface area (Å²) in [5, 5.41) is 3.15. The third kappa shape index (κ3) is 4.24. The number of aromatic nitrogens is 1. The van der Waals surface area contributed by atoms with E-state index in [-0.39, 0.29) is 18.0 Å². The third-order valence-corrected chi connectivity index (χ3v) is 2.27. The Bertz CT molecular complexity index is 377. The van der Waals surface area contributed by atoms with Crippen molar-refractivity contribution < 1.29 is 4.74 Å². The number of nitrogens with one attached hydrogen (secondary N) is 1. The van der Waals surface area contributed by atoms with Gasteiger partial charge in [0.25, 0.3) is 5.56 Å². The van der Waals surface area contributed by atoms with Gasteiger partial charge in [0, 0.05) is 25.4 Å². The first-order valence-corrected chi connectivity index (χ1v) is 5.16. The molecule has 1 aromatic heterocycles. The Morgan fingerprint density at radius 1 is 1.44 bits per heavy atom. The molecule has 1 heterocycles. The molecule has 0 aromatic carbocycles. The monoisotopic (exact) mass is 246 g/mol. The molecule has 0 aliphatic carbocycles. The molecule has 0 fully saturated rings. The lowest BCUT2D eigenvalue weighted by atomic mass is 10.3. The Balaban J connectivity index is 0.00000225. The van der Waals surface area contributed by atoms with Gasteiger partial charge in [-0.05, 0) is 19.5 Å². The van der Waals surface area contributed by atoms with Gasteiger partial charge in [-0.15, -0.1) is 12.4 Å². The van der Waals surface area contributed by atoms with Crippen LogP contribution in [0.2, 0.25) is 0 Å². The first kappa shape index (κ1) is 15.0. The maximum atomic E-state index is 11.4. The largest absolute Gasteiger partial charge is 0.492 e. The Morgan fingerprint density at radius 2 is 2.12 bits per heavy atom. The molecule has 1 aromatic rings. The number of nitrogens with zero attached hydrogens (tertiary/aromatic N) is 1. The van der Waals surface area contributed by atoms with Crippen molar-refractivity contribution in [2.24, 2.45) is 7.05 Å². The molecule has 0 aliphatic heterocycles. The molecule has 92 valence electrons. The lowest BCUT2D eigenvalue weighted by molar-refractivity contribution is 0.314. The fourth-order valence-corrected chi connectivity index (χ4v) is 1.24. The zero-order valence-corrected chi connectivity index (χ0v) is 10.8. The molecule has 5 heteroatoms. The molecule has 0 saturated carbocycles. The van der Waals surface area contributed by atoms with E-state index in [1.54, 1.807) is 11.6 Å². The molecular formula is C11H19ClN2O2. The van der Waals surface area contributed by atoms with Crippen LogP contribution in [0, 0.1) is 6.92 Å². The maximum Gasteiger partial charge on any atom is 0.254 e. The number of likely N-dealkylation sites (N-methyl/N-ethyl adjacent to an activating group) is 1. The van der Waals surface area contributed by atoms with E-state index in [1.807, 2.05) is 19.9 Å². The van der Waals surface area contributed by atoms with Crippen molar-refractivity contribution in [1.82, 2.24) is 9.88 Å². The zero-order chi connectivity index (χ0) is 11.3. The second kappa shape index (κ2) is 7.30. The molecule has 4 nitrogen and oxygen atoms in total. The first-order valence-electron chi connectivity index (χ1n) is 5.16. The van der Waals surface area contributed by atoms with Crippen LogP contribution in [0.3, 0.4) is 0 Å². The molecule has 0 radical (unpaired) electrons. The number of hydrogen-bond acceptors (Lipinski definition) is 3. The summed E-state index contributed by atoms with van der Waals surface area (Å²) in [5.74, 6) is 0.647. The second-order valence-electron chi connectivity index (χ2n) is 3.43. The minimum Gasteiger partial charge on any atom is -0.492 e. The summed E-state index contributed by atoms with van der Waals surface area (Å²) in [6.07, 6.45) is 0. The smallest absolute Gasteiger partial charge is 0.254 e. The average Bonchev–Trinajstić information content (AvgIpc) is 2.21. The lowest BCUT2D eigenvalue weighted by Gasteiger charge is -2.09. The highest BCUT2D eigenvalue weighted by molar-refractivity contribution is 5.85. The van der Waals surface area contributed by atoms with Crippen LogP contribution in [0.1, 0.15) is 12.6 Å². The predicted molar refractivity (Wildman–Crippen MR) is 67.7 cm³/mol. The molecule has 0 spiro atoms. The molecule has 0 saturated heterocycles. The van der Waals surface area contributed by atoms with Gasteiger partial charge in [-0.25, -0.2) is 0 Å². The van der Waals surface area contributed by atoms with E-state index in [4.69, 9.17) is 4.74 Å². The molecule has 0 bridgehead atoms. The lowest BCUT2D eigenvalue weighted by Crippen LogP contribution is -2.22. The minimum absolute atomic E-state index is 0. The van der Waals surface area contributed by atoms with Gasteiger partial charge in [0.2, 0.25) is 0 Å². The molecule has 0 atom stereocenters. The van der Waals surface area contributed by atoms with Crippen molar-refractivity contribution >= 4 is 12.4 Å². The Kier molecular flexibility index (Phi) is 6.85. The van der Waals surface area contributed by atoms with Crippen LogP contribution in [-0.2, 0) is 7.05 Å². The van der Waals surface area contributed by atoms with Crippen molar-refractivity contribution in [3.8, 4) is 5.75 Å². The molecule has 16 heavy (non-hydrogen) atoms. The molecule has 0 aliphatic rings. The number of pyridine rings is 1. The van der Waals surface area contributed by atoms with Crippen LogP contribution in [0.5, 0.6) is 5.75 Å². The van der Waals surface area contributed by atoms with E-state index in [1.165, 1.54) is 6.07 Å². The van der Waals surface area contributed by atoms with Crippen molar-refractivity contribution in [3.63, 3.8) is 0 Å². The summed E-state index contributed by atoms with van der Waals surface area (Å²) in [7, 11) is 1.75. The number of halogens is 1. The standard InChI is InChI=1S/C11H18N2O2.ClH/c1-4-12-5-6-15-10-7-9(2)13(3)11(14)8-10;/h7-8,12H,4-6H2,1-3H3;1H. The van der Waals surface area contributed by atoms with Crippen LogP contribution in [0.4, 0.5) is 0 Å². The van der Waals surface area contributed by atoms with E-state index in [2.05, 4.69) is 5.32 Å². The first-order chi connectivity index (χ1) is 7.15. The Labute approximate surface area is 102 Å². The normalized spacial score (nSPS) is 9.69. The minimum atomic E-state index is -0.0338. The zero-order valence-electron chi connectivity index (χ0n) is 9.95. The van der Waals surface area contributed by atoms with Crippen molar-refractivity contribution in [1.29, 1.82) is 0 Å². The average molecular weight is 247 g/mol. The van der Waals surface area contributed by atoms with Crippen LogP contribution in [0.15, 0.2) is 16.9 Å². The van der Waals surface area contributed by atoms with Gasteiger partial charge in [-0.2, -0.15) is 0 Å². The molecule has 0 amide bonds. The Morgan fingerprint density at radius 3 is 2.69 bits per heavy atom. The number of rotatable bonds is 5. The topological polar surface area (TPSA) is 43.3 Å². The predicted octanol–water partition coefficient (Wildman–Crippen LogP) is 1.10. The fraction of sp³-hybridized carbons (Fsp3) is 0.545. The second-order valence-corrected chi connectivity index (χ2v) is 3.43. The van der Waals surface area contributed by atoms with Gasteiger partial charge >= 0.3 is 0 Å². The number of aryl methyl sites for hydroxylation is 1. The number of ether oxygens (including phenoxy) is 1. The van der Waals surface area contributed by atoms with Crippen LogP contribution >= 0.6 is 12.4 Å². The van der Waals surface area contributed by atoms with E-state index < -0.39 is 0 Å². The molecule has 1 N–H and O–H groups in total. The van der Waals surface area contributed by atoms with Crippen molar-refractivity contribution in [2.45, 2.75) is 13.8 Å². The van der Waals surface area contributed by atoms with Gasteiger partial charge in [0.15, 0.2) is 0 Å². The van der Waals surface area contributed by atoms with E-state index in [0.717, 1.165) is 18.8 Å². The fourth-order valence-electron chi connectivity index (χ4n) is 1.24.